The van der Waals surface area contributed by atoms with Crippen molar-refractivity contribution < 1.29 is 74.3 Å². The second-order valence-electron chi connectivity index (χ2n) is 14.0. The van der Waals surface area contributed by atoms with Crippen molar-refractivity contribution in [3.63, 3.8) is 0 Å². The van der Waals surface area contributed by atoms with Gasteiger partial charge in [-0.3, -0.25) is 25.0 Å². The number of aliphatic hydroxyl groups is 8. The Kier molecular flexibility index (Phi) is 19.6. The molecule has 4 amide bonds. The topological polar surface area (TPSA) is 296 Å². The molecule has 0 saturated heterocycles. The molecule has 19 heteroatoms. The molecule has 0 aliphatic heterocycles. The van der Waals surface area contributed by atoms with Crippen LogP contribution in [-0.4, -0.2) is 171 Å². The average Bonchev–Trinajstić information content (AvgIpc) is 3.19. The predicted molar refractivity (Wildman–Crippen MR) is 210 cm³/mol. The molecule has 2 aromatic carbocycles. The monoisotopic (exact) mass is 822 g/mol. The van der Waals surface area contributed by atoms with Crippen LogP contribution in [0.4, 0.5) is 21.0 Å². The van der Waals surface area contributed by atoms with Crippen LogP contribution in [0.25, 0.3) is 0 Å². The molecule has 19 nitrogen and oxygen atoms in total. The van der Waals surface area contributed by atoms with Crippen molar-refractivity contribution in [3.05, 3.63) is 55.6 Å². The number of nitrogens with one attached hydrogen (secondary N) is 2. The number of aldehydes is 1. The first-order valence-corrected chi connectivity index (χ1v) is 18.6. The predicted octanol–water partition coefficient (Wildman–Crippen LogP) is 0.143. The Hall–Kier alpha value is -4.73. The molecule has 2 aromatic rings. The van der Waals surface area contributed by atoms with Gasteiger partial charge in [0.2, 0.25) is 0 Å². The number of nitrogens with zero attached hydrogens (tertiary/aromatic N) is 2. The molecule has 0 aliphatic rings. The first-order chi connectivity index (χ1) is 27.3. The zero-order valence-corrected chi connectivity index (χ0v) is 34.0. The summed E-state index contributed by atoms with van der Waals surface area (Å²) in [4.78, 5) is 67.8. The second-order valence-corrected chi connectivity index (χ2v) is 14.0. The molecule has 58 heavy (non-hydrogen) atoms. The maximum absolute atomic E-state index is 14.2. The average molecular weight is 823 g/mol. The molecule has 324 valence electrons. The Labute approximate surface area is 336 Å². The van der Waals surface area contributed by atoms with Gasteiger partial charge in [0.05, 0.1) is 75.4 Å². The minimum absolute atomic E-state index is 0.0388. The highest BCUT2D eigenvalue weighted by molar-refractivity contribution is 6.07. The Bertz CT molecular complexity index is 1700. The number of anilines is 2. The Balaban J connectivity index is 2.45. The van der Waals surface area contributed by atoms with Crippen LogP contribution in [0.15, 0.2) is 0 Å². The summed E-state index contributed by atoms with van der Waals surface area (Å²) in [6.45, 7) is 6.00. The van der Waals surface area contributed by atoms with Gasteiger partial charge in [0, 0.05) is 49.3 Å². The van der Waals surface area contributed by atoms with Crippen LogP contribution < -0.4 is 10.6 Å². The summed E-state index contributed by atoms with van der Waals surface area (Å²) in [6, 6.07) is 0. The standard InChI is InChI=1S/C39H58N4O15/c1-20-21(2)31(19-48)23(4)34(22(20)3)40-38(55)57-9-8-10-58-39(56)41-35-25(6)32(36(53)42(11-27(49)15-44)12-28(50)16-45)24(5)33(26(35)7)37(54)43(13-29(51)17-46)14-30(52)18-47/h19,27-30,44-47,49-52H,8-18H2,1-7H3,(H,40,55)(H,41,56). The van der Waals surface area contributed by atoms with Crippen molar-refractivity contribution in [2.45, 2.75) is 79.3 Å². The molecule has 0 fully saturated rings. The Morgan fingerprint density at radius 2 is 0.879 bits per heavy atom. The molecule has 0 radical (unpaired) electrons. The normalized spacial score (nSPS) is 13.2. The number of carbonyl (C=O) groups is 5. The van der Waals surface area contributed by atoms with Gasteiger partial charge in [0.25, 0.3) is 11.8 Å². The van der Waals surface area contributed by atoms with Crippen molar-refractivity contribution in [3.8, 4) is 0 Å². The summed E-state index contributed by atoms with van der Waals surface area (Å²) in [5, 5.41) is 84.1. The molecule has 10 N–H and O–H groups in total. The van der Waals surface area contributed by atoms with Crippen LogP contribution in [0.5, 0.6) is 0 Å². The number of amides is 4. The van der Waals surface area contributed by atoms with E-state index in [9.17, 15) is 64.8 Å². The van der Waals surface area contributed by atoms with E-state index in [1.165, 1.54) is 20.8 Å². The molecule has 0 spiro atoms. The highest BCUT2D eigenvalue weighted by atomic mass is 16.6. The summed E-state index contributed by atoms with van der Waals surface area (Å²) in [5.41, 5.74) is 3.73. The summed E-state index contributed by atoms with van der Waals surface area (Å²) in [5.74, 6) is -1.75. The van der Waals surface area contributed by atoms with Crippen LogP contribution in [-0.2, 0) is 9.47 Å². The van der Waals surface area contributed by atoms with Gasteiger partial charge >= 0.3 is 12.2 Å². The fraction of sp³-hybridized carbons (Fsp3) is 0.564. The van der Waals surface area contributed by atoms with Gasteiger partial charge in [-0.1, -0.05) is 0 Å². The van der Waals surface area contributed by atoms with Crippen molar-refractivity contribution in [1.29, 1.82) is 0 Å². The van der Waals surface area contributed by atoms with Crippen molar-refractivity contribution in [2.75, 3.05) is 76.5 Å². The van der Waals surface area contributed by atoms with Gasteiger partial charge in [0.1, 0.15) is 0 Å². The maximum Gasteiger partial charge on any atom is 0.411 e. The zero-order chi connectivity index (χ0) is 44.0. The lowest BCUT2D eigenvalue weighted by Gasteiger charge is -2.31. The summed E-state index contributed by atoms with van der Waals surface area (Å²) >= 11 is 0. The van der Waals surface area contributed by atoms with Crippen LogP contribution >= 0.6 is 0 Å². The first kappa shape index (κ1) is 49.4. The maximum atomic E-state index is 14.2. The van der Waals surface area contributed by atoms with Crippen LogP contribution in [0.1, 0.15) is 76.4 Å². The van der Waals surface area contributed by atoms with Crippen molar-refractivity contribution in [1.82, 2.24) is 9.80 Å². The van der Waals surface area contributed by atoms with Gasteiger partial charge in [-0.25, -0.2) is 9.59 Å². The third-order valence-corrected chi connectivity index (χ3v) is 9.83. The highest BCUT2D eigenvalue weighted by Gasteiger charge is 2.33. The second kappa shape index (κ2) is 23.0. The lowest BCUT2D eigenvalue weighted by molar-refractivity contribution is 0.0204. The summed E-state index contributed by atoms with van der Waals surface area (Å²) in [7, 11) is 0. The fourth-order valence-corrected chi connectivity index (χ4v) is 6.49. The van der Waals surface area contributed by atoms with Gasteiger partial charge in [0.15, 0.2) is 6.29 Å². The molecule has 0 heterocycles. The summed E-state index contributed by atoms with van der Waals surface area (Å²) < 4.78 is 10.6. The number of benzene rings is 2. The van der Waals surface area contributed by atoms with E-state index < -0.39 is 101 Å². The number of hydrogen-bond acceptors (Lipinski definition) is 15. The first-order valence-electron chi connectivity index (χ1n) is 18.6. The quantitative estimate of drug-likeness (QED) is 0.0592. The lowest BCUT2D eigenvalue weighted by Crippen LogP contribution is -2.45. The molecule has 4 atom stereocenters. The summed E-state index contributed by atoms with van der Waals surface area (Å²) in [6.07, 6.45) is -6.91. The molecule has 0 bridgehead atoms. The number of rotatable bonds is 21. The van der Waals surface area contributed by atoms with Crippen molar-refractivity contribution in [2.24, 2.45) is 0 Å². The van der Waals surface area contributed by atoms with E-state index in [1.807, 2.05) is 13.8 Å². The number of aliphatic hydroxyl groups excluding tert-OH is 8. The third-order valence-electron chi connectivity index (χ3n) is 9.83. The van der Waals surface area contributed by atoms with E-state index in [-0.39, 0.29) is 53.1 Å². The van der Waals surface area contributed by atoms with Gasteiger partial charge in [-0.15, -0.1) is 0 Å². The Morgan fingerprint density at radius 1 is 0.534 bits per heavy atom. The molecule has 0 aliphatic carbocycles. The Morgan fingerprint density at radius 3 is 1.21 bits per heavy atom. The number of hydrogen-bond donors (Lipinski definition) is 10. The van der Waals surface area contributed by atoms with Crippen molar-refractivity contribution >= 4 is 41.7 Å². The smallest absolute Gasteiger partial charge is 0.411 e. The van der Waals surface area contributed by atoms with E-state index >= 15 is 0 Å². The van der Waals surface area contributed by atoms with Gasteiger partial charge in [-0.2, -0.15) is 0 Å². The van der Waals surface area contributed by atoms with E-state index in [2.05, 4.69) is 10.6 Å². The fourth-order valence-electron chi connectivity index (χ4n) is 6.49. The zero-order valence-electron chi connectivity index (χ0n) is 34.0. The third kappa shape index (κ3) is 12.6. The SMILES string of the molecule is Cc1c(C)c(C=O)c(C)c(NC(=O)OCCCOC(=O)Nc2c(C)c(C(=O)N(CC(O)CO)CC(O)CO)c(C)c(C(=O)N(CC(O)CO)CC(O)CO)c2C)c1C. The molecular formula is C39H58N4O15. The van der Waals surface area contributed by atoms with Gasteiger partial charge in [-0.05, 0) is 87.4 Å². The number of carbonyl (C=O) groups excluding carboxylic acids is 5. The molecule has 0 aromatic heterocycles. The molecule has 4 unspecified atom stereocenters. The van der Waals surface area contributed by atoms with E-state index in [0.717, 1.165) is 32.8 Å². The number of ether oxygens (including phenoxy) is 2. The molecular weight excluding hydrogens is 764 g/mol. The van der Waals surface area contributed by atoms with Crippen LogP contribution in [0.3, 0.4) is 0 Å². The minimum atomic E-state index is -1.46. The van der Waals surface area contributed by atoms with E-state index in [1.54, 1.807) is 13.8 Å². The lowest BCUT2D eigenvalue weighted by atomic mass is 9.89. The molecule has 2 rings (SSSR count). The van der Waals surface area contributed by atoms with Crippen LogP contribution in [0, 0.1) is 48.5 Å². The molecule has 0 saturated carbocycles. The van der Waals surface area contributed by atoms with Crippen LogP contribution in [0.2, 0.25) is 0 Å². The largest absolute Gasteiger partial charge is 0.449 e. The highest BCUT2D eigenvalue weighted by Crippen LogP contribution is 2.34. The van der Waals surface area contributed by atoms with Gasteiger partial charge < -0.3 is 60.1 Å². The minimum Gasteiger partial charge on any atom is -0.449 e. The van der Waals surface area contributed by atoms with E-state index in [0.29, 0.717) is 16.8 Å². The van der Waals surface area contributed by atoms with E-state index in [4.69, 9.17) is 9.47 Å².